The van der Waals surface area contributed by atoms with E-state index in [-0.39, 0.29) is 5.97 Å². The Morgan fingerprint density at radius 2 is 2.08 bits per heavy atom. The first-order chi connectivity index (χ1) is 12.5. The second kappa shape index (κ2) is 8.26. The summed E-state index contributed by atoms with van der Waals surface area (Å²) in [6.45, 7) is 8.15. The van der Waals surface area contributed by atoms with Gasteiger partial charge in [-0.25, -0.2) is 19.8 Å². The monoisotopic (exact) mass is 381 g/mol. The van der Waals surface area contributed by atoms with Crippen molar-refractivity contribution in [3.05, 3.63) is 16.3 Å². The fourth-order valence-corrected chi connectivity index (χ4v) is 4.09. The molecule has 0 aliphatic carbocycles. The van der Waals surface area contributed by atoms with Crippen LogP contribution in [0.2, 0.25) is 0 Å². The largest absolute Gasteiger partial charge is 0.462 e. The lowest BCUT2D eigenvalue weighted by Gasteiger charge is -2.23. The van der Waals surface area contributed by atoms with E-state index in [1.165, 1.54) is 16.2 Å². The van der Waals surface area contributed by atoms with Gasteiger partial charge in [0, 0.05) is 7.05 Å². The molecule has 0 spiro atoms. The maximum absolute atomic E-state index is 12.3. The number of nitrogens with one attached hydrogen (secondary N) is 1. The second-order valence-corrected chi connectivity index (χ2v) is 7.14. The number of fused-ring (bicyclic) bond motifs is 1. The lowest BCUT2D eigenvalue weighted by molar-refractivity contribution is -0.922. The number of hydrogen-bond acceptors (Lipinski definition) is 8. The Morgan fingerprint density at radius 1 is 1.35 bits per heavy atom. The Hall–Kier alpha value is -1.81. The van der Waals surface area contributed by atoms with Crippen LogP contribution in [-0.4, -0.2) is 63.0 Å². The molecule has 0 radical (unpaired) electrons. The summed E-state index contributed by atoms with van der Waals surface area (Å²) < 4.78 is 10.6. The van der Waals surface area contributed by atoms with Gasteiger partial charge in [-0.15, -0.1) is 11.3 Å². The van der Waals surface area contributed by atoms with Gasteiger partial charge in [0.05, 0.1) is 32.3 Å². The molecule has 0 bridgehead atoms. The molecule has 1 aliphatic heterocycles. The van der Waals surface area contributed by atoms with E-state index < -0.39 is 0 Å². The first kappa shape index (κ1) is 19.0. The summed E-state index contributed by atoms with van der Waals surface area (Å²) >= 11 is 1.35. The Bertz CT molecular complexity index is 789. The number of ether oxygens (including phenoxy) is 2. The molecule has 0 unspecified atom stereocenters. The number of esters is 1. The molecular formula is C17H25N4O4S+. The summed E-state index contributed by atoms with van der Waals surface area (Å²) in [6, 6.07) is 0. The number of quaternary nitrogens is 1. The number of rotatable bonds is 6. The minimum absolute atomic E-state index is 0.320. The first-order valence-electron chi connectivity index (χ1n) is 8.71. The van der Waals surface area contributed by atoms with Gasteiger partial charge in [-0.05, 0) is 19.4 Å². The number of aromatic nitrogens is 2. The number of carbonyl (C=O) groups excluding carboxylic acids is 1. The van der Waals surface area contributed by atoms with Gasteiger partial charge in [-0.1, -0.05) is 0 Å². The highest BCUT2D eigenvalue weighted by Crippen LogP contribution is 2.35. The van der Waals surface area contributed by atoms with Crippen molar-refractivity contribution in [1.82, 2.24) is 9.97 Å². The molecule has 3 rings (SSSR count). The maximum Gasteiger partial charge on any atom is 0.348 e. The SMILES string of the molecule is CCOC(=O)c1sc2nc(C[NH+]3CCOCC3)nc(N(C)OC)c2c1C. The van der Waals surface area contributed by atoms with Crippen LogP contribution in [0.1, 0.15) is 28.0 Å². The van der Waals surface area contributed by atoms with Crippen molar-refractivity contribution in [2.24, 2.45) is 0 Å². The second-order valence-electron chi connectivity index (χ2n) is 6.14. The van der Waals surface area contributed by atoms with Gasteiger partial charge in [0.2, 0.25) is 0 Å². The molecule has 142 valence electrons. The Kier molecular flexibility index (Phi) is 6.02. The molecule has 1 aliphatic rings. The molecule has 1 saturated heterocycles. The van der Waals surface area contributed by atoms with Gasteiger partial charge in [0.25, 0.3) is 0 Å². The number of anilines is 1. The molecule has 1 fully saturated rings. The van der Waals surface area contributed by atoms with Crippen LogP contribution < -0.4 is 9.96 Å². The molecule has 0 amide bonds. The summed E-state index contributed by atoms with van der Waals surface area (Å²) in [4.78, 5) is 29.8. The average molecular weight is 381 g/mol. The number of hydrogen-bond donors (Lipinski definition) is 1. The highest BCUT2D eigenvalue weighted by molar-refractivity contribution is 7.20. The minimum Gasteiger partial charge on any atom is -0.462 e. The highest BCUT2D eigenvalue weighted by Gasteiger charge is 2.24. The number of aryl methyl sites for hydroxylation is 1. The van der Waals surface area contributed by atoms with Crippen LogP contribution in [-0.2, 0) is 20.9 Å². The Labute approximate surface area is 156 Å². The quantitative estimate of drug-likeness (QED) is 0.580. The molecule has 0 atom stereocenters. The highest BCUT2D eigenvalue weighted by atomic mass is 32.1. The summed E-state index contributed by atoms with van der Waals surface area (Å²) in [5.74, 6) is 1.09. The summed E-state index contributed by atoms with van der Waals surface area (Å²) in [5.41, 5.74) is 0.826. The average Bonchev–Trinajstić information content (AvgIpc) is 2.98. The summed E-state index contributed by atoms with van der Waals surface area (Å²) in [7, 11) is 3.39. The van der Waals surface area contributed by atoms with Gasteiger partial charge < -0.3 is 14.4 Å². The van der Waals surface area contributed by atoms with Crippen molar-refractivity contribution in [3.8, 4) is 0 Å². The predicted molar refractivity (Wildman–Crippen MR) is 98.7 cm³/mol. The number of hydroxylamine groups is 1. The van der Waals surface area contributed by atoms with Crippen LogP contribution in [0.25, 0.3) is 10.2 Å². The van der Waals surface area contributed by atoms with Crippen molar-refractivity contribution < 1.29 is 24.0 Å². The molecular weight excluding hydrogens is 356 g/mol. The van der Waals surface area contributed by atoms with E-state index >= 15 is 0 Å². The first-order valence-corrected chi connectivity index (χ1v) is 9.53. The van der Waals surface area contributed by atoms with Crippen molar-refractivity contribution in [2.75, 3.05) is 52.1 Å². The van der Waals surface area contributed by atoms with Crippen LogP contribution in [0.4, 0.5) is 5.82 Å². The number of morpholine rings is 1. The molecule has 3 heterocycles. The van der Waals surface area contributed by atoms with Crippen molar-refractivity contribution in [3.63, 3.8) is 0 Å². The van der Waals surface area contributed by atoms with Crippen LogP contribution in [0.3, 0.4) is 0 Å². The van der Waals surface area contributed by atoms with E-state index in [0.29, 0.717) is 17.3 Å². The standard InChI is InChI=1S/C17H24N4O4S/c1-5-25-17(22)14-11(2)13-15(20(3)23-4)18-12(19-16(13)26-14)10-21-6-8-24-9-7-21/h5-10H2,1-4H3/p+1. The summed E-state index contributed by atoms with van der Waals surface area (Å²) in [6.07, 6.45) is 0. The topological polar surface area (TPSA) is 78.2 Å². The van der Waals surface area contributed by atoms with Crippen molar-refractivity contribution in [1.29, 1.82) is 0 Å². The number of carbonyl (C=O) groups is 1. The van der Waals surface area contributed by atoms with Crippen LogP contribution >= 0.6 is 11.3 Å². The fraction of sp³-hybridized carbons (Fsp3) is 0.588. The van der Waals surface area contributed by atoms with Gasteiger partial charge in [0.1, 0.15) is 29.3 Å². The van der Waals surface area contributed by atoms with Crippen molar-refractivity contribution >= 4 is 33.3 Å². The van der Waals surface area contributed by atoms with Crippen LogP contribution in [0, 0.1) is 6.92 Å². The Balaban J connectivity index is 2.04. The van der Waals surface area contributed by atoms with E-state index in [1.54, 1.807) is 26.1 Å². The van der Waals surface area contributed by atoms with Crippen LogP contribution in [0.15, 0.2) is 0 Å². The van der Waals surface area contributed by atoms with Crippen LogP contribution in [0.5, 0.6) is 0 Å². The lowest BCUT2D eigenvalue weighted by atomic mass is 10.2. The maximum atomic E-state index is 12.3. The van der Waals surface area contributed by atoms with Gasteiger partial charge in [-0.2, -0.15) is 0 Å². The molecule has 0 aromatic carbocycles. The summed E-state index contributed by atoms with van der Waals surface area (Å²) in [5, 5.41) is 2.44. The third kappa shape index (κ3) is 3.80. The van der Waals surface area contributed by atoms with E-state index in [2.05, 4.69) is 0 Å². The van der Waals surface area contributed by atoms with Gasteiger partial charge in [0.15, 0.2) is 11.6 Å². The molecule has 2 aromatic heterocycles. The van der Waals surface area contributed by atoms with E-state index in [0.717, 1.165) is 54.5 Å². The van der Waals surface area contributed by atoms with E-state index in [9.17, 15) is 4.79 Å². The molecule has 9 heteroatoms. The van der Waals surface area contributed by atoms with Crippen molar-refractivity contribution in [2.45, 2.75) is 20.4 Å². The molecule has 8 nitrogen and oxygen atoms in total. The zero-order valence-electron chi connectivity index (χ0n) is 15.6. The normalized spacial score (nSPS) is 15.4. The molecule has 26 heavy (non-hydrogen) atoms. The fourth-order valence-electron chi connectivity index (χ4n) is 3.01. The minimum atomic E-state index is -0.320. The third-order valence-electron chi connectivity index (χ3n) is 4.46. The van der Waals surface area contributed by atoms with E-state index in [1.807, 2.05) is 6.92 Å². The zero-order chi connectivity index (χ0) is 18.7. The van der Waals surface area contributed by atoms with Gasteiger partial charge in [-0.3, -0.25) is 4.84 Å². The third-order valence-corrected chi connectivity index (χ3v) is 5.62. The molecule has 2 aromatic rings. The van der Waals surface area contributed by atoms with E-state index in [4.69, 9.17) is 24.3 Å². The molecule has 1 N–H and O–H groups in total. The smallest absolute Gasteiger partial charge is 0.348 e. The van der Waals surface area contributed by atoms with Gasteiger partial charge >= 0.3 is 5.97 Å². The predicted octanol–water partition coefficient (Wildman–Crippen LogP) is 0.589. The number of thiophene rings is 1. The number of nitrogens with zero attached hydrogens (tertiary/aromatic N) is 3. The molecule has 0 saturated carbocycles. The Morgan fingerprint density at radius 3 is 2.73 bits per heavy atom. The lowest BCUT2D eigenvalue weighted by Crippen LogP contribution is -3.12. The zero-order valence-corrected chi connectivity index (χ0v) is 16.4.